The van der Waals surface area contributed by atoms with Crippen molar-refractivity contribution in [2.45, 2.75) is 0 Å². The summed E-state index contributed by atoms with van der Waals surface area (Å²) in [6.07, 6.45) is 1.55. The van der Waals surface area contributed by atoms with E-state index in [2.05, 4.69) is 15.6 Å². The Hall–Kier alpha value is -2.76. The second-order valence-corrected chi connectivity index (χ2v) is 6.24. The number of nitrogens with one attached hydrogen (secondary N) is 2. The number of halogens is 2. The topological polar surface area (TPSA) is 63.2 Å². The van der Waals surface area contributed by atoms with E-state index in [4.69, 9.17) is 27.9 Å². The van der Waals surface area contributed by atoms with Crippen LogP contribution in [0.4, 0.5) is 17.1 Å². The third kappa shape index (κ3) is 4.45. The van der Waals surface area contributed by atoms with Gasteiger partial charge in [0.15, 0.2) is 0 Å². The molecular formula is C19H15Cl2N3O2. The Labute approximate surface area is 160 Å². The van der Waals surface area contributed by atoms with Crippen molar-refractivity contribution in [1.29, 1.82) is 0 Å². The van der Waals surface area contributed by atoms with Crippen molar-refractivity contribution < 1.29 is 9.53 Å². The molecule has 2 N–H and O–H groups in total. The molecule has 5 nitrogen and oxygen atoms in total. The fraction of sp³-hybridized carbons (Fsp3) is 0.0526. The van der Waals surface area contributed by atoms with Gasteiger partial charge >= 0.3 is 0 Å². The average Bonchev–Trinajstić information content (AvgIpc) is 2.61. The third-order valence-corrected chi connectivity index (χ3v) is 3.94. The number of rotatable bonds is 5. The minimum Gasteiger partial charge on any atom is -0.495 e. The fourth-order valence-corrected chi connectivity index (χ4v) is 2.88. The van der Waals surface area contributed by atoms with Crippen LogP contribution in [0.2, 0.25) is 10.0 Å². The van der Waals surface area contributed by atoms with Gasteiger partial charge in [-0.2, -0.15) is 0 Å². The zero-order valence-electron chi connectivity index (χ0n) is 13.8. The van der Waals surface area contributed by atoms with Crippen molar-refractivity contribution in [3.05, 3.63) is 76.5 Å². The van der Waals surface area contributed by atoms with E-state index in [0.29, 0.717) is 27.2 Å². The molecule has 0 bridgehead atoms. The fourth-order valence-electron chi connectivity index (χ4n) is 2.36. The molecule has 0 aliphatic carbocycles. The van der Waals surface area contributed by atoms with Crippen molar-refractivity contribution in [3.63, 3.8) is 0 Å². The molecule has 0 saturated carbocycles. The first-order chi connectivity index (χ1) is 12.5. The summed E-state index contributed by atoms with van der Waals surface area (Å²) in [4.78, 5) is 16.6. The van der Waals surface area contributed by atoms with Crippen LogP contribution < -0.4 is 15.4 Å². The number of amides is 1. The molecule has 0 atom stereocenters. The lowest BCUT2D eigenvalue weighted by atomic mass is 10.2. The number of hydrogen-bond acceptors (Lipinski definition) is 4. The van der Waals surface area contributed by atoms with Crippen molar-refractivity contribution in [3.8, 4) is 5.75 Å². The number of carbonyl (C=O) groups is 1. The molecule has 0 saturated heterocycles. The number of anilines is 3. The number of para-hydroxylation sites is 2. The van der Waals surface area contributed by atoms with Gasteiger partial charge in [-0.3, -0.25) is 9.78 Å². The van der Waals surface area contributed by atoms with Gasteiger partial charge in [0.05, 0.1) is 12.8 Å². The molecule has 2 aromatic carbocycles. The average molecular weight is 388 g/mol. The molecule has 0 radical (unpaired) electrons. The van der Waals surface area contributed by atoms with E-state index in [1.54, 1.807) is 43.6 Å². The Bertz CT molecular complexity index is 927. The molecule has 26 heavy (non-hydrogen) atoms. The van der Waals surface area contributed by atoms with E-state index in [9.17, 15) is 4.79 Å². The zero-order chi connectivity index (χ0) is 18.5. The normalized spacial score (nSPS) is 10.3. The highest BCUT2D eigenvalue weighted by Gasteiger charge is 2.10. The molecule has 1 aromatic heterocycles. The SMILES string of the molecule is COc1ccccc1Nc1ccnc(C(=O)Nc2cc(Cl)cc(Cl)c2)c1. The molecule has 0 aliphatic rings. The molecule has 1 heterocycles. The molecule has 0 aliphatic heterocycles. The Morgan fingerprint density at radius 1 is 1.00 bits per heavy atom. The highest BCUT2D eigenvalue weighted by molar-refractivity contribution is 6.35. The molecule has 3 aromatic rings. The van der Waals surface area contributed by atoms with E-state index in [1.165, 1.54) is 0 Å². The lowest BCUT2D eigenvalue weighted by Gasteiger charge is -2.12. The number of methoxy groups -OCH3 is 1. The Balaban J connectivity index is 1.79. The van der Waals surface area contributed by atoms with E-state index in [-0.39, 0.29) is 11.6 Å². The first-order valence-corrected chi connectivity index (χ1v) is 8.44. The number of nitrogens with zero attached hydrogens (tertiary/aromatic N) is 1. The van der Waals surface area contributed by atoms with Gasteiger partial charge in [0.1, 0.15) is 11.4 Å². The largest absolute Gasteiger partial charge is 0.495 e. The van der Waals surface area contributed by atoms with Crippen molar-refractivity contribution in [1.82, 2.24) is 4.98 Å². The number of aromatic nitrogens is 1. The molecule has 0 unspecified atom stereocenters. The summed E-state index contributed by atoms with van der Waals surface area (Å²) in [5, 5.41) is 6.82. The van der Waals surface area contributed by atoms with Crippen molar-refractivity contribution >= 4 is 46.2 Å². The minimum absolute atomic E-state index is 0.251. The van der Waals surface area contributed by atoms with Gasteiger partial charge in [0.25, 0.3) is 5.91 Å². The third-order valence-electron chi connectivity index (χ3n) is 3.50. The summed E-state index contributed by atoms with van der Waals surface area (Å²) >= 11 is 11.9. The molecule has 132 valence electrons. The van der Waals surface area contributed by atoms with Gasteiger partial charge in [-0.15, -0.1) is 0 Å². The maximum Gasteiger partial charge on any atom is 0.274 e. The quantitative estimate of drug-likeness (QED) is 0.615. The van der Waals surface area contributed by atoms with Crippen LogP contribution in [-0.2, 0) is 0 Å². The number of ether oxygens (including phenoxy) is 1. The van der Waals surface area contributed by atoms with E-state index >= 15 is 0 Å². The van der Waals surface area contributed by atoms with Crippen LogP contribution in [0.1, 0.15) is 10.5 Å². The molecule has 1 amide bonds. The van der Waals surface area contributed by atoms with E-state index in [1.807, 2.05) is 24.3 Å². The summed E-state index contributed by atoms with van der Waals surface area (Å²) in [6.45, 7) is 0. The monoisotopic (exact) mass is 387 g/mol. The Kier molecular flexibility index (Phi) is 5.61. The lowest BCUT2D eigenvalue weighted by Crippen LogP contribution is -2.13. The highest BCUT2D eigenvalue weighted by Crippen LogP contribution is 2.27. The van der Waals surface area contributed by atoms with E-state index in [0.717, 1.165) is 5.69 Å². The second-order valence-electron chi connectivity index (χ2n) is 5.37. The molecule has 0 spiro atoms. The molecule has 7 heteroatoms. The van der Waals surface area contributed by atoms with Crippen LogP contribution in [0.25, 0.3) is 0 Å². The minimum atomic E-state index is -0.369. The number of pyridine rings is 1. The maximum atomic E-state index is 12.5. The standard InChI is InChI=1S/C19H15Cl2N3O2/c1-26-18-5-3-2-4-16(18)23-14-6-7-22-17(11-14)19(25)24-15-9-12(20)8-13(21)10-15/h2-11H,1H3,(H,22,23)(H,24,25). The van der Waals surface area contributed by atoms with Gasteiger partial charge in [-0.25, -0.2) is 0 Å². The van der Waals surface area contributed by atoms with Gasteiger partial charge < -0.3 is 15.4 Å². The summed E-state index contributed by atoms with van der Waals surface area (Å²) in [5.74, 6) is 0.330. The number of benzene rings is 2. The van der Waals surface area contributed by atoms with Crippen LogP contribution in [0, 0.1) is 0 Å². The zero-order valence-corrected chi connectivity index (χ0v) is 15.3. The molecular weight excluding hydrogens is 373 g/mol. The summed E-state index contributed by atoms with van der Waals surface area (Å²) in [6, 6.07) is 15.7. The van der Waals surface area contributed by atoms with Crippen molar-refractivity contribution in [2.24, 2.45) is 0 Å². The summed E-state index contributed by atoms with van der Waals surface area (Å²) < 4.78 is 5.31. The maximum absolute atomic E-state index is 12.5. The first-order valence-electron chi connectivity index (χ1n) is 7.69. The Morgan fingerprint density at radius 3 is 2.46 bits per heavy atom. The van der Waals surface area contributed by atoms with Crippen LogP contribution in [-0.4, -0.2) is 18.0 Å². The van der Waals surface area contributed by atoms with Gasteiger partial charge in [-0.05, 0) is 42.5 Å². The van der Waals surface area contributed by atoms with Gasteiger partial charge in [0, 0.05) is 27.6 Å². The number of carbonyl (C=O) groups excluding carboxylic acids is 1. The number of hydrogen-bond donors (Lipinski definition) is 2. The smallest absolute Gasteiger partial charge is 0.274 e. The molecule has 3 rings (SSSR count). The van der Waals surface area contributed by atoms with Gasteiger partial charge in [0.2, 0.25) is 0 Å². The van der Waals surface area contributed by atoms with Crippen LogP contribution >= 0.6 is 23.2 Å². The Morgan fingerprint density at radius 2 is 1.73 bits per heavy atom. The predicted molar refractivity (Wildman–Crippen MR) is 105 cm³/mol. The predicted octanol–water partition coefficient (Wildman–Crippen LogP) is 5.39. The molecule has 0 fully saturated rings. The van der Waals surface area contributed by atoms with Crippen molar-refractivity contribution in [2.75, 3.05) is 17.7 Å². The summed E-state index contributed by atoms with van der Waals surface area (Å²) in [5.41, 5.74) is 2.24. The van der Waals surface area contributed by atoms with Crippen LogP contribution in [0.3, 0.4) is 0 Å². The van der Waals surface area contributed by atoms with E-state index < -0.39 is 0 Å². The van der Waals surface area contributed by atoms with Gasteiger partial charge in [-0.1, -0.05) is 35.3 Å². The first kappa shape index (κ1) is 18.0. The van der Waals surface area contributed by atoms with Crippen LogP contribution in [0.5, 0.6) is 5.75 Å². The highest BCUT2D eigenvalue weighted by atomic mass is 35.5. The lowest BCUT2D eigenvalue weighted by molar-refractivity contribution is 0.102. The summed E-state index contributed by atoms with van der Waals surface area (Å²) in [7, 11) is 1.60. The second kappa shape index (κ2) is 8.08. The van der Waals surface area contributed by atoms with Crippen LogP contribution in [0.15, 0.2) is 60.8 Å².